The maximum atomic E-state index is 11.2. The number of aryl methyl sites for hydroxylation is 1. The first-order valence-electron chi connectivity index (χ1n) is 7.09. The summed E-state index contributed by atoms with van der Waals surface area (Å²) in [5, 5.41) is 0. The lowest BCUT2D eigenvalue weighted by Gasteiger charge is -2.16. The molecule has 0 aliphatic rings. The molecule has 0 saturated heterocycles. The van der Waals surface area contributed by atoms with Gasteiger partial charge < -0.3 is 9.47 Å². The summed E-state index contributed by atoms with van der Waals surface area (Å²) in [6.45, 7) is 5.92. The number of carbonyl (C=O) groups excluding carboxylic acids is 1. The molecule has 110 valence electrons. The molecular weight excluding hydrogens is 264 g/mol. The van der Waals surface area contributed by atoms with Gasteiger partial charge in [-0.3, -0.25) is 4.79 Å². The summed E-state index contributed by atoms with van der Waals surface area (Å²) in [4.78, 5) is 11.2. The highest BCUT2D eigenvalue weighted by Gasteiger charge is 2.13. The summed E-state index contributed by atoms with van der Waals surface area (Å²) < 4.78 is 11.2. The number of hydrogen-bond acceptors (Lipinski definition) is 3. The number of esters is 1. The molecular formula is C18H20O3. The quantitative estimate of drug-likeness (QED) is 0.613. The highest BCUT2D eigenvalue weighted by molar-refractivity contribution is 5.71. The molecule has 0 aliphatic carbocycles. The van der Waals surface area contributed by atoms with Gasteiger partial charge in [0.15, 0.2) is 11.5 Å². The van der Waals surface area contributed by atoms with Crippen LogP contribution in [-0.4, -0.2) is 5.97 Å². The summed E-state index contributed by atoms with van der Waals surface area (Å²) in [6.07, 6.45) is 0.911. The highest BCUT2D eigenvalue weighted by Crippen LogP contribution is 2.34. The van der Waals surface area contributed by atoms with E-state index in [1.807, 2.05) is 43.3 Å². The van der Waals surface area contributed by atoms with Crippen LogP contribution in [0, 0.1) is 6.92 Å². The standard InChI is InChI=1S/C18H20O3/c1-4-16-10-11-17(21-14(3)19)18(13(16)2)20-12-15-8-6-5-7-9-15/h5-11H,4,12H2,1-3H3. The molecule has 3 nitrogen and oxygen atoms in total. The number of carbonyl (C=O) groups is 1. The van der Waals surface area contributed by atoms with Gasteiger partial charge in [-0.15, -0.1) is 0 Å². The van der Waals surface area contributed by atoms with Crippen LogP contribution in [0.25, 0.3) is 0 Å². The minimum Gasteiger partial charge on any atom is -0.485 e. The van der Waals surface area contributed by atoms with Crippen LogP contribution in [0.15, 0.2) is 42.5 Å². The van der Waals surface area contributed by atoms with Crippen molar-refractivity contribution < 1.29 is 14.3 Å². The molecule has 0 fully saturated rings. The number of ether oxygens (including phenoxy) is 2. The zero-order valence-electron chi connectivity index (χ0n) is 12.7. The van der Waals surface area contributed by atoms with E-state index in [4.69, 9.17) is 9.47 Å². The van der Waals surface area contributed by atoms with Crippen LogP contribution in [-0.2, 0) is 17.8 Å². The number of benzene rings is 2. The first kappa shape index (κ1) is 15.1. The zero-order chi connectivity index (χ0) is 15.2. The van der Waals surface area contributed by atoms with Crippen molar-refractivity contribution in [1.29, 1.82) is 0 Å². The smallest absolute Gasteiger partial charge is 0.308 e. The van der Waals surface area contributed by atoms with Crippen LogP contribution in [0.4, 0.5) is 0 Å². The fraction of sp³-hybridized carbons (Fsp3) is 0.278. The van der Waals surface area contributed by atoms with Gasteiger partial charge in [0, 0.05) is 6.92 Å². The third-order valence-electron chi connectivity index (χ3n) is 3.34. The largest absolute Gasteiger partial charge is 0.485 e. The van der Waals surface area contributed by atoms with Crippen LogP contribution in [0.5, 0.6) is 11.5 Å². The molecule has 0 saturated carbocycles. The lowest BCUT2D eigenvalue weighted by molar-refractivity contribution is -0.132. The second-order valence-electron chi connectivity index (χ2n) is 4.90. The van der Waals surface area contributed by atoms with E-state index in [0.29, 0.717) is 18.1 Å². The molecule has 0 atom stereocenters. The molecule has 0 spiro atoms. The van der Waals surface area contributed by atoms with Crippen molar-refractivity contribution in [3.63, 3.8) is 0 Å². The SMILES string of the molecule is CCc1ccc(OC(C)=O)c(OCc2ccccc2)c1C. The first-order valence-corrected chi connectivity index (χ1v) is 7.09. The maximum Gasteiger partial charge on any atom is 0.308 e. The monoisotopic (exact) mass is 284 g/mol. The van der Waals surface area contributed by atoms with Crippen LogP contribution < -0.4 is 9.47 Å². The summed E-state index contributed by atoms with van der Waals surface area (Å²) >= 11 is 0. The van der Waals surface area contributed by atoms with Gasteiger partial charge in [-0.2, -0.15) is 0 Å². The van der Waals surface area contributed by atoms with E-state index in [1.165, 1.54) is 12.5 Å². The summed E-state index contributed by atoms with van der Waals surface area (Å²) in [5.41, 5.74) is 3.29. The molecule has 0 heterocycles. The Hall–Kier alpha value is -2.29. The van der Waals surface area contributed by atoms with Gasteiger partial charge in [-0.25, -0.2) is 0 Å². The lowest BCUT2D eigenvalue weighted by Crippen LogP contribution is -2.06. The van der Waals surface area contributed by atoms with E-state index >= 15 is 0 Å². The van der Waals surface area contributed by atoms with Crippen LogP contribution in [0.2, 0.25) is 0 Å². The van der Waals surface area contributed by atoms with E-state index < -0.39 is 0 Å². The van der Waals surface area contributed by atoms with Gasteiger partial charge in [0.2, 0.25) is 0 Å². The topological polar surface area (TPSA) is 35.5 Å². The first-order chi connectivity index (χ1) is 10.1. The summed E-state index contributed by atoms with van der Waals surface area (Å²) in [5.74, 6) is 0.782. The molecule has 21 heavy (non-hydrogen) atoms. The lowest BCUT2D eigenvalue weighted by atomic mass is 10.0. The van der Waals surface area contributed by atoms with Crippen molar-refractivity contribution in [3.8, 4) is 11.5 Å². The zero-order valence-corrected chi connectivity index (χ0v) is 12.7. The normalized spacial score (nSPS) is 10.2. The highest BCUT2D eigenvalue weighted by atomic mass is 16.6. The van der Waals surface area contributed by atoms with Crippen molar-refractivity contribution in [3.05, 3.63) is 59.2 Å². The Balaban J connectivity index is 2.28. The van der Waals surface area contributed by atoms with Crippen molar-refractivity contribution in [1.82, 2.24) is 0 Å². The average molecular weight is 284 g/mol. The fourth-order valence-corrected chi connectivity index (χ4v) is 2.23. The van der Waals surface area contributed by atoms with E-state index in [9.17, 15) is 4.79 Å². The molecule has 2 aromatic carbocycles. The Morgan fingerprint density at radius 2 is 1.81 bits per heavy atom. The molecule has 3 heteroatoms. The second kappa shape index (κ2) is 6.93. The minimum absolute atomic E-state index is 0.344. The Bertz CT molecular complexity index is 618. The molecule has 0 bridgehead atoms. The third kappa shape index (κ3) is 3.85. The maximum absolute atomic E-state index is 11.2. The average Bonchev–Trinajstić information content (AvgIpc) is 2.47. The van der Waals surface area contributed by atoms with Crippen molar-refractivity contribution in [2.75, 3.05) is 0 Å². The van der Waals surface area contributed by atoms with E-state index in [0.717, 1.165) is 17.5 Å². The Morgan fingerprint density at radius 1 is 1.10 bits per heavy atom. The third-order valence-corrected chi connectivity index (χ3v) is 3.34. The molecule has 0 N–H and O–H groups in total. The minimum atomic E-state index is -0.344. The molecule has 0 amide bonds. The van der Waals surface area contributed by atoms with Gasteiger partial charge in [0.1, 0.15) is 6.61 Å². The van der Waals surface area contributed by atoms with E-state index in [-0.39, 0.29) is 5.97 Å². The van der Waals surface area contributed by atoms with E-state index in [2.05, 4.69) is 6.92 Å². The molecule has 0 aliphatic heterocycles. The second-order valence-corrected chi connectivity index (χ2v) is 4.90. The molecule has 2 aromatic rings. The summed E-state index contributed by atoms with van der Waals surface area (Å²) in [6, 6.07) is 13.7. The van der Waals surface area contributed by atoms with Crippen molar-refractivity contribution in [2.45, 2.75) is 33.8 Å². The Labute approximate surface area is 125 Å². The predicted octanol–water partition coefficient (Wildman–Crippen LogP) is 4.06. The Morgan fingerprint density at radius 3 is 2.43 bits per heavy atom. The summed E-state index contributed by atoms with van der Waals surface area (Å²) in [7, 11) is 0. The van der Waals surface area contributed by atoms with Gasteiger partial charge >= 0.3 is 5.97 Å². The predicted molar refractivity (Wildman–Crippen MR) is 82.6 cm³/mol. The van der Waals surface area contributed by atoms with Crippen LogP contribution in [0.3, 0.4) is 0 Å². The van der Waals surface area contributed by atoms with Gasteiger partial charge in [-0.1, -0.05) is 43.3 Å². The van der Waals surface area contributed by atoms with Crippen LogP contribution >= 0.6 is 0 Å². The molecule has 2 rings (SSSR count). The molecule has 0 aromatic heterocycles. The fourth-order valence-electron chi connectivity index (χ4n) is 2.23. The number of rotatable bonds is 5. The molecule has 0 radical (unpaired) electrons. The molecule has 0 unspecified atom stereocenters. The number of hydrogen-bond donors (Lipinski definition) is 0. The van der Waals surface area contributed by atoms with Crippen molar-refractivity contribution in [2.24, 2.45) is 0 Å². The van der Waals surface area contributed by atoms with Crippen LogP contribution in [0.1, 0.15) is 30.5 Å². The van der Waals surface area contributed by atoms with E-state index in [1.54, 1.807) is 6.07 Å². The van der Waals surface area contributed by atoms with Gasteiger partial charge in [0.25, 0.3) is 0 Å². The van der Waals surface area contributed by atoms with Gasteiger partial charge in [0.05, 0.1) is 0 Å². The van der Waals surface area contributed by atoms with Crippen molar-refractivity contribution >= 4 is 5.97 Å². The van der Waals surface area contributed by atoms with Gasteiger partial charge in [-0.05, 0) is 36.1 Å². The Kier molecular flexibility index (Phi) is 4.99.